The molecule has 0 heterocycles. The van der Waals surface area contributed by atoms with Gasteiger partial charge in [0.05, 0.1) is 6.61 Å². The van der Waals surface area contributed by atoms with Crippen LogP contribution in [-0.2, 0) is 11.3 Å². The highest BCUT2D eigenvalue weighted by Crippen LogP contribution is 2.16. The molecule has 0 aliphatic carbocycles. The lowest BCUT2D eigenvalue weighted by Crippen LogP contribution is -2.16. The van der Waals surface area contributed by atoms with Gasteiger partial charge in [-0.25, -0.2) is 0 Å². The Morgan fingerprint density at radius 3 is 2.17 bits per heavy atom. The highest BCUT2D eigenvalue weighted by Gasteiger charge is 2.08. The molecule has 0 fully saturated rings. The van der Waals surface area contributed by atoms with E-state index in [-0.39, 0.29) is 0 Å². The van der Waals surface area contributed by atoms with Gasteiger partial charge in [-0.3, -0.25) is 0 Å². The van der Waals surface area contributed by atoms with Crippen LogP contribution in [0.25, 0.3) is 0 Å². The number of aliphatic hydroxyl groups is 1. The molecule has 0 saturated heterocycles. The maximum atomic E-state index is 10.4. The monoisotopic (exact) mass is 396 g/mol. The lowest BCUT2D eigenvalue weighted by molar-refractivity contribution is 0.184. The Bertz CT molecular complexity index is 1090. The molecule has 0 aliphatic heterocycles. The zero-order valence-electron chi connectivity index (χ0n) is 17.3. The summed E-state index contributed by atoms with van der Waals surface area (Å²) in [6, 6.07) is 15.2. The van der Waals surface area contributed by atoms with Gasteiger partial charge < -0.3 is 9.84 Å². The van der Waals surface area contributed by atoms with E-state index >= 15 is 0 Å². The second-order valence-electron chi connectivity index (χ2n) is 7.35. The topological polar surface area (TPSA) is 29.5 Å². The minimum absolute atomic E-state index is 0.507. The molecule has 0 spiro atoms. The van der Waals surface area contributed by atoms with E-state index in [0.717, 1.165) is 11.1 Å². The van der Waals surface area contributed by atoms with Crippen LogP contribution in [-0.4, -0.2) is 20.3 Å². The Morgan fingerprint density at radius 2 is 1.48 bits per heavy atom. The lowest BCUT2D eigenvalue weighted by atomic mass is 10.0. The first kappa shape index (κ1) is 22.1. The molecule has 1 N–H and O–H groups in total. The predicted octanol–water partition coefficient (Wildman–Crippen LogP) is 4.15. The van der Waals surface area contributed by atoms with Gasteiger partial charge in [0.1, 0.15) is 14.2 Å². The van der Waals surface area contributed by atoms with E-state index in [9.17, 15) is 5.11 Å². The Kier molecular flexibility index (Phi) is 8.37. The maximum absolute atomic E-state index is 10.4. The molecule has 1 atom stereocenters. The van der Waals surface area contributed by atoms with Crippen molar-refractivity contribution in [3.05, 3.63) is 70.8 Å². The summed E-state index contributed by atoms with van der Waals surface area (Å²) >= 11 is 0. The van der Waals surface area contributed by atoms with Gasteiger partial charge in [0.2, 0.25) is 0 Å². The van der Waals surface area contributed by atoms with Crippen LogP contribution in [0.1, 0.15) is 28.4 Å². The smallest absolute Gasteiger partial charge is 0.142 e. The molecular weight excluding hydrogens is 372 g/mol. The van der Waals surface area contributed by atoms with Gasteiger partial charge in [-0.15, -0.1) is 5.54 Å². The van der Waals surface area contributed by atoms with E-state index in [2.05, 4.69) is 66.6 Å². The molecule has 2 nitrogen and oxygen atoms in total. The van der Waals surface area contributed by atoms with Crippen molar-refractivity contribution < 1.29 is 9.84 Å². The van der Waals surface area contributed by atoms with Gasteiger partial charge in [0.25, 0.3) is 0 Å². The summed E-state index contributed by atoms with van der Waals surface area (Å²) in [4.78, 5) is 0. The third-order valence-electron chi connectivity index (χ3n) is 3.74. The molecule has 144 valence electrons. The van der Waals surface area contributed by atoms with Crippen molar-refractivity contribution in [1.29, 1.82) is 0 Å². The first-order valence-electron chi connectivity index (χ1n) is 9.29. The standard InChI is InChI=1S/C26H24O2Si/c1-28-21-24-17-8-6-14-22(24)13-5-7-15-23-16-9-10-18-25(23)26(27)19-11-12-20-29(2,3)4/h6,8-10,14,16-18,26-27H,21H2,1-4H3. The Hall–Kier alpha value is -3.18. The first-order valence-corrected chi connectivity index (χ1v) is 12.8. The number of hydrogen-bond acceptors (Lipinski definition) is 2. The van der Waals surface area contributed by atoms with E-state index < -0.39 is 14.2 Å². The molecule has 2 aromatic carbocycles. The average molecular weight is 397 g/mol. The van der Waals surface area contributed by atoms with E-state index in [1.54, 1.807) is 7.11 Å². The van der Waals surface area contributed by atoms with Crippen LogP contribution in [0, 0.1) is 47.0 Å². The molecule has 0 radical (unpaired) electrons. The second-order valence-corrected chi connectivity index (χ2v) is 12.1. The minimum atomic E-state index is -1.47. The van der Waals surface area contributed by atoms with Gasteiger partial charge >= 0.3 is 0 Å². The number of rotatable bonds is 3. The molecule has 0 amide bonds. The summed E-state index contributed by atoms with van der Waals surface area (Å²) in [5, 5.41) is 10.4. The highest BCUT2D eigenvalue weighted by atomic mass is 28.3. The van der Waals surface area contributed by atoms with E-state index in [4.69, 9.17) is 4.74 Å². The van der Waals surface area contributed by atoms with Crippen LogP contribution in [0.2, 0.25) is 19.6 Å². The van der Waals surface area contributed by atoms with Gasteiger partial charge in [-0.05, 0) is 41.4 Å². The lowest BCUT2D eigenvalue weighted by Gasteiger charge is -2.05. The molecule has 2 aromatic rings. The Morgan fingerprint density at radius 1 is 0.862 bits per heavy atom. The normalized spacial score (nSPS) is 10.7. The van der Waals surface area contributed by atoms with E-state index in [1.807, 2.05) is 48.5 Å². The van der Waals surface area contributed by atoms with Gasteiger partial charge in [-0.2, -0.15) is 0 Å². The predicted molar refractivity (Wildman–Crippen MR) is 121 cm³/mol. The van der Waals surface area contributed by atoms with Crippen LogP contribution in [0.3, 0.4) is 0 Å². The number of benzene rings is 2. The Labute approximate surface area is 175 Å². The number of aliphatic hydroxyl groups excluding tert-OH is 1. The summed E-state index contributed by atoms with van der Waals surface area (Å²) in [6.07, 6.45) is -0.938. The third kappa shape index (κ3) is 7.75. The van der Waals surface area contributed by atoms with E-state index in [1.165, 1.54) is 0 Å². The van der Waals surface area contributed by atoms with Crippen molar-refractivity contribution in [3.8, 4) is 47.0 Å². The molecule has 0 aromatic heterocycles. The first-order chi connectivity index (χ1) is 13.9. The Balaban J connectivity index is 2.22. The maximum Gasteiger partial charge on any atom is 0.142 e. The zero-order chi connectivity index (χ0) is 21.1. The summed E-state index contributed by atoms with van der Waals surface area (Å²) in [5.74, 6) is 20.2. The quantitative estimate of drug-likeness (QED) is 0.624. The number of methoxy groups -OCH3 is 1. The average Bonchev–Trinajstić information content (AvgIpc) is 2.69. The fraction of sp³-hybridized carbons (Fsp3) is 0.231. The summed E-state index contributed by atoms with van der Waals surface area (Å²) in [6.45, 7) is 6.96. The summed E-state index contributed by atoms with van der Waals surface area (Å²) in [7, 11) is 0.189. The molecule has 29 heavy (non-hydrogen) atoms. The number of hydrogen-bond donors (Lipinski definition) is 1. The zero-order valence-corrected chi connectivity index (χ0v) is 18.3. The summed E-state index contributed by atoms with van der Waals surface area (Å²) < 4.78 is 5.19. The number of ether oxygens (including phenoxy) is 1. The van der Waals surface area contributed by atoms with Crippen LogP contribution >= 0.6 is 0 Å². The molecule has 0 bridgehead atoms. The van der Waals surface area contributed by atoms with Crippen LogP contribution in [0.5, 0.6) is 0 Å². The fourth-order valence-electron chi connectivity index (χ4n) is 2.37. The fourth-order valence-corrected chi connectivity index (χ4v) is 2.81. The van der Waals surface area contributed by atoms with Crippen molar-refractivity contribution in [3.63, 3.8) is 0 Å². The molecule has 0 saturated carbocycles. The third-order valence-corrected chi connectivity index (χ3v) is 4.61. The molecule has 1 unspecified atom stereocenters. The van der Waals surface area contributed by atoms with Crippen LogP contribution in [0.15, 0.2) is 48.5 Å². The van der Waals surface area contributed by atoms with Gasteiger partial charge in [0, 0.05) is 23.8 Å². The minimum Gasteiger partial charge on any atom is -0.380 e. The van der Waals surface area contributed by atoms with Crippen LogP contribution < -0.4 is 0 Å². The van der Waals surface area contributed by atoms with Gasteiger partial charge in [-0.1, -0.05) is 73.8 Å². The SMILES string of the molecule is COCc1ccccc1C#CC#Cc1ccccc1C(O)C#CC#C[Si](C)(C)C. The van der Waals surface area contributed by atoms with Crippen LogP contribution in [0.4, 0.5) is 0 Å². The van der Waals surface area contributed by atoms with Crippen molar-refractivity contribution >= 4 is 8.07 Å². The summed E-state index contributed by atoms with van der Waals surface area (Å²) in [5.41, 5.74) is 6.44. The van der Waals surface area contributed by atoms with Crippen molar-refractivity contribution in [1.82, 2.24) is 0 Å². The van der Waals surface area contributed by atoms with Gasteiger partial charge in [0.15, 0.2) is 0 Å². The molecule has 3 heteroatoms. The van der Waals surface area contributed by atoms with Crippen molar-refractivity contribution in [2.24, 2.45) is 0 Å². The van der Waals surface area contributed by atoms with Crippen molar-refractivity contribution in [2.45, 2.75) is 32.4 Å². The molecular formula is C26H24O2Si. The molecule has 2 rings (SSSR count). The van der Waals surface area contributed by atoms with E-state index in [0.29, 0.717) is 17.7 Å². The largest absolute Gasteiger partial charge is 0.380 e. The molecule has 0 aliphatic rings. The van der Waals surface area contributed by atoms with Crippen molar-refractivity contribution in [2.75, 3.05) is 7.11 Å². The second kappa shape index (κ2) is 11.0. The highest BCUT2D eigenvalue weighted by molar-refractivity contribution is 6.83.